The van der Waals surface area contributed by atoms with Gasteiger partial charge in [-0.3, -0.25) is 9.36 Å². The predicted molar refractivity (Wildman–Crippen MR) is 166 cm³/mol. The van der Waals surface area contributed by atoms with Crippen LogP contribution >= 0.6 is 0 Å². The van der Waals surface area contributed by atoms with Crippen molar-refractivity contribution in [2.24, 2.45) is 5.73 Å². The second kappa shape index (κ2) is 9.65. The van der Waals surface area contributed by atoms with Gasteiger partial charge in [-0.1, -0.05) is 48.5 Å². The van der Waals surface area contributed by atoms with Crippen molar-refractivity contribution in [2.45, 2.75) is 44.2 Å². The van der Waals surface area contributed by atoms with E-state index in [-0.39, 0.29) is 5.54 Å². The van der Waals surface area contributed by atoms with E-state index in [1.165, 1.54) is 13.8 Å². The van der Waals surface area contributed by atoms with Gasteiger partial charge in [-0.15, -0.1) is 0 Å². The van der Waals surface area contributed by atoms with Crippen molar-refractivity contribution in [1.82, 2.24) is 14.5 Å². The zero-order valence-electron chi connectivity index (χ0n) is 23.6. The van der Waals surface area contributed by atoms with E-state index in [0.717, 1.165) is 75.9 Å². The van der Waals surface area contributed by atoms with Crippen LogP contribution in [0.25, 0.3) is 39.6 Å². The smallest absolute Gasteiger partial charge is 0.255 e. The minimum Gasteiger partial charge on any atom is -0.381 e. The average molecular weight is 557 g/mol. The van der Waals surface area contributed by atoms with E-state index in [4.69, 9.17) is 10.7 Å². The highest BCUT2D eigenvalue weighted by atomic mass is 16.3. The fraction of sp³-hybridized carbons (Fsp3) is 0.206. The number of nitrogens with zero attached hydrogens (tertiary/aromatic N) is 3. The van der Waals surface area contributed by atoms with Gasteiger partial charge in [0.2, 0.25) is 0 Å². The predicted octanol–water partition coefficient (Wildman–Crippen LogP) is 6.37. The topological polar surface area (TPSA) is 118 Å². The summed E-state index contributed by atoms with van der Waals surface area (Å²) in [4.78, 5) is 22.3. The number of fused-ring (bicyclic) bond motifs is 5. The number of nitrogens with two attached hydrogens (primary N) is 1. The van der Waals surface area contributed by atoms with E-state index in [9.17, 15) is 9.90 Å². The van der Waals surface area contributed by atoms with Crippen molar-refractivity contribution in [3.8, 4) is 39.6 Å². The standard InChI is InChI=1S/C34H32N6O2/c1-33(2,42)32(41)37-24-16-12-21(13-17-24)28-29(22-10-14-23(15-11-22)34(35)18-6-19-34)40-27-9-5-20-36-30(27)38-26-8-4-3-7-25(26)31(40)39-28/h3-5,7-17,20,42H,6,18-19,35H2,1-2H3,(H,36,38)(H,37,41). The summed E-state index contributed by atoms with van der Waals surface area (Å²) in [5.41, 5.74) is 13.1. The highest BCUT2D eigenvalue weighted by molar-refractivity contribution is 5.97. The number of carbonyl (C=O) groups excluding carboxylic acids is 1. The normalized spacial score (nSPS) is 14.9. The lowest BCUT2D eigenvalue weighted by molar-refractivity contribution is -0.130. The lowest BCUT2D eigenvalue weighted by atomic mass is 9.72. The van der Waals surface area contributed by atoms with Crippen molar-refractivity contribution in [2.75, 3.05) is 10.6 Å². The molecule has 0 saturated heterocycles. The minimum atomic E-state index is -1.48. The summed E-state index contributed by atoms with van der Waals surface area (Å²) >= 11 is 0. The highest BCUT2D eigenvalue weighted by Crippen LogP contribution is 2.45. The number of amides is 1. The van der Waals surface area contributed by atoms with E-state index < -0.39 is 11.5 Å². The molecule has 210 valence electrons. The summed E-state index contributed by atoms with van der Waals surface area (Å²) < 4.78 is 2.18. The SMILES string of the molecule is CC(C)(O)C(=O)Nc1ccc(-c2nc3n(c2-c2ccc(C4(N)CCC4)cc2)-c2cccnc2Nc2ccccc2-3)cc1. The molecule has 3 heterocycles. The van der Waals surface area contributed by atoms with Crippen LogP contribution in [0.1, 0.15) is 38.7 Å². The molecular formula is C34H32N6O2. The third kappa shape index (κ3) is 4.36. The zero-order valence-corrected chi connectivity index (χ0v) is 23.6. The average Bonchev–Trinajstić information content (AvgIpc) is 3.30. The molecule has 0 unspecified atom stereocenters. The van der Waals surface area contributed by atoms with Crippen molar-refractivity contribution in [3.63, 3.8) is 0 Å². The number of para-hydroxylation sites is 1. The number of hydrogen-bond donors (Lipinski definition) is 4. The molecule has 0 spiro atoms. The molecule has 1 aliphatic heterocycles. The number of pyridine rings is 1. The second-order valence-electron chi connectivity index (χ2n) is 11.7. The lowest BCUT2D eigenvalue weighted by Crippen LogP contribution is -2.43. The molecule has 0 atom stereocenters. The Kier molecular flexibility index (Phi) is 6.00. The Bertz CT molecular complexity index is 1810. The molecule has 5 N–H and O–H groups in total. The first kappa shape index (κ1) is 26.1. The van der Waals surface area contributed by atoms with Crippen LogP contribution in [0.3, 0.4) is 0 Å². The maximum absolute atomic E-state index is 12.4. The van der Waals surface area contributed by atoms with E-state index in [1.54, 1.807) is 6.20 Å². The molecule has 1 aliphatic carbocycles. The fourth-order valence-corrected chi connectivity index (χ4v) is 5.69. The molecule has 1 amide bonds. The van der Waals surface area contributed by atoms with Gasteiger partial charge in [-0.2, -0.15) is 0 Å². The van der Waals surface area contributed by atoms with Gasteiger partial charge < -0.3 is 21.5 Å². The molecule has 2 aliphatic rings. The first-order chi connectivity index (χ1) is 20.2. The van der Waals surface area contributed by atoms with Gasteiger partial charge in [-0.25, -0.2) is 9.97 Å². The minimum absolute atomic E-state index is 0.252. The number of nitrogens with one attached hydrogen (secondary N) is 2. The van der Waals surface area contributed by atoms with Crippen LogP contribution in [0, 0.1) is 0 Å². The molecule has 0 bridgehead atoms. The molecule has 8 heteroatoms. The van der Waals surface area contributed by atoms with Crippen LogP contribution in [-0.4, -0.2) is 31.1 Å². The van der Waals surface area contributed by atoms with E-state index in [2.05, 4.69) is 50.5 Å². The van der Waals surface area contributed by atoms with Crippen LogP contribution in [-0.2, 0) is 10.3 Å². The molecular weight excluding hydrogens is 524 g/mol. The van der Waals surface area contributed by atoms with Gasteiger partial charge in [0, 0.05) is 34.1 Å². The Balaban J connectivity index is 1.43. The Hall–Kier alpha value is -4.79. The van der Waals surface area contributed by atoms with Gasteiger partial charge in [0.05, 0.1) is 22.8 Å². The fourth-order valence-electron chi connectivity index (χ4n) is 5.69. The Morgan fingerprint density at radius 2 is 1.69 bits per heavy atom. The van der Waals surface area contributed by atoms with E-state index >= 15 is 0 Å². The summed E-state index contributed by atoms with van der Waals surface area (Å²) in [6.45, 7) is 2.92. The molecule has 42 heavy (non-hydrogen) atoms. The van der Waals surface area contributed by atoms with Crippen LogP contribution in [0.5, 0.6) is 0 Å². The Morgan fingerprint density at radius 1 is 0.976 bits per heavy atom. The van der Waals surface area contributed by atoms with Crippen LogP contribution in [0.4, 0.5) is 17.2 Å². The maximum atomic E-state index is 12.4. The van der Waals surface area contributed by atoms with E-state index in [1.807, 2.05) is 54.6 Å². The van der Waals surface area contributed by atoms with Crippen molar-refractivity contribution in [1.29, 1.82) is 0 Å². The summed E-state index contributed by atoms with van der Waals surface area (Å²) in [6, 6.07) is 28.2. The molecule has 1 saturated carbocycles. The van der Waals surface area contributed by atoms with Gasteiger partial charge in [-0.05, 0) is 75.1 Å². The molecule has 7 rings (SSSR count). The number of anilines is 3. The largest absolute Gasteiger partial charge is 0.381 e. The van der Waals surface area contributed by atoms with Gasteiger partial charge >= 0.3 is 0 Å². The number of benzene rings is 3. The highest BCUT2D eigenvalue weighted by Gasteiger charge is 2.34. The molecule has 2 aromatic heterocycles. The monoisotopic (exact) mass is 556 g/mol. The number of aliphatic hydroxyl groups is 1. The quantitative estimate of drug-likeness (QED) is 0.196. The molecule has 0 radical (unpaired) electrons. The van der Waals surface area contributed by atoms with Gasteiger partial charge in [0.15, 0.2) is 5.82 Å². The van der Waals surface area contributed by atoms with Crippen molar-refractivity contribution < 1.29 is 9.90 Å². The van der Waals surface area contributed by atoms with Crippen molar-refractivity contribution >= 4 is 23.1 Å². The Morgan fingerprint density at radius 3 is 2.38 bits per heavy atom. The second-order valence-corrected chi connectivity index (χ2v) is 11.7. The van der Waals surface area contributed by atoms with Gasteiger partial charge in [0.1, 0.15) is 11.4 Å². The number of hydrogen-bond acceptors (Lipinski definition) is 6. The number of carbonyl (C=O) groups is 1. The number of imidazole rings is 1. The lowest BCUT2D eigenvalue weighted by Gasteiger charge is -2.38. The maximum Gasteiger partial charge on any atom is 0.255 e. The Labute approximate surface area is 244 Å². The first-order valence-electron chi connectivity index (χ1n) is 14.2. The first-order valence-corrected chi connectivity index (χ1v) is 14.2. The third-order valence-corrected chi connectivity index (χ3v) is 8.28. The molecule has 3 aromatic carbocycles. The van der Waals surface area contributed by atoms with Gasteiger partial charge in [0.25, 0.3) is 5.91 Å². The van der Waals surface area contributed by atoms with E-state index in [0.29, 0.717) is 5.69 Å². The molecule has 5 aromatic rings. The summed E-state index contributed by atoms with van der Waals surface area (Å²) in [5, 5.41) is 16.4. The third-order valence-electron chi connectivity index (χ3n) is 8.28. The van der Waals surface area contributed by atoms with Crippen molar-refractivity contribution in [3.05, 3.63) is 96.7 Å². The number of aromatic nitrogens is 3. The summed E-state index contributed by atoms with van der Waals surface area (Å²) in [7, 11) is 0. The summed E-state index contributed by atoms with van der Waals surface area (Å²) in [5.74, 6) is 1.07. The van der Waals surface area contributed by atoms with Crippen LogP contribution in [0.15, 0.2) is 91.1 Å². The van der Waals surface area contributed by atoms with Crippen LogP contribution in [0.2, 0.25) is 0 Å². The molecule has 1 fully saturated rings. The summed E-state index contributed by atoms with van der Waals surface area (Å²) in [6.07, 6.45) is 4.93. The van der Waals surface area contributed by atoms with Crippen LogP contribution < -0.4 is 16.4 Å². The number of rotatable bonds is 5. The zero-order chi connectivity index (χ0) is 29.1. The molecule has 8 nitrogen and oxygen atoms in total.